The molecule has 2 aromatic rings. The summed E-state index contributed by atoms with van der Waals surface area (Å²) in [6.07, 6.45) is 6.93. The molecule has 114 valence electrons. The largest absolute Gasteiger partial charge is 0.493 e. The van der Waals surface area contributed by atoms with Gasteiger partial charge in [-0.15, -0.1) is 6.42 Å². The van der Waals surface area contributed by atoms with Gasteiger partial charge in [0.15, 0.2) is 11.5 Å². The molecule has 0 heterocycles. The first-order chi connectivity index (χ1) is 11.2. The van der Waals surface area contributed by atoms with Crippen LogP contribution in [0.1, 0.15) is 11.1 Å². The van der Waals surface area contributed by atoms with Crippen molar-refractivity contribution >= 4 is 23.3 Å². The number of nitriles is 1. The van der Waals surface area contributed by atoms with Gasteiger partial charge in [0.05, 0.1) is 18.8 Å². The van der Waals surface area contributed by atoms with E-state index >= 15 is 0 Å². The van der Waals surface area contributed by atoms with Crippen LogP contribution < -0.4 is 9.47 Å². The minimum Gasteiger partial charge on any atom is -0.493 e. The average molecular weight is 324 g/mol. The van der Waals surface area contributed by atoms with Crippen molar-refractivity contribution in [1.29, 1.82) is 5.26 Å². The lowest BCUT2D eigenvalue weighted by Gasteiger charge is -2.09. The number of halogens is 1. The SMILES string of the molecule is C#CCOc1ccc(C=C(C#N)c2ccccc2Cl)cc1OC. The van der Waals surface area contributed by atoms with Gasteiger partial charge in [-0.3, -0.25) is 0 Å². The fourth-order valence-electron chi connectivity index (χ4n) is 2.03. The van der Waals surface area contributed by atoms with Crippen LogP contribution in [0.3, 0.4) is 0 Å². The second kappa shape index (κ2) is 7.94. The van der Waals surface area contributed by atoms with Gasteiger partial charge in [0.1, 0.15) is 6.61 Å². The highest BCUT2D eigenvalue weighted by molar-refractivity contribution is 6.32. The van der Waals surface area contributed by atoms with Crippen molar-refractivity contribution in [1.82, 2.24) is 0 Å². The van der Waals surface area contributed by atoms with Crippen LogP contribution in [0.5, 0.6) is 11.5 Å². The fraction of sp³-hybridized carbons (Fsp3) is 0.105. The van der Waals surface area contributed by atoms with Crippen molar-refractivity contribution in [3.05, 3.63) is 58.6 Å². The summed E-state index contributed by atoms with van der Waals surface area (Å²) in [7, 11) is 1.55. The third-order valence-electron chi connectivity index (χ3n) is 3.09. The van der Waals surface area contributed by atoms with Gasteiger partial charge in [-0.05, 0) is 29.8 Å². The highest BCUT2D eigenvalue weighted by Crippen LogP contribution is 2.31. The number of benzene rings is 2. The summed E-state index contributed by atoms with van der Waals surface area (Å²) in [6.45, 7) is 0.161. The maximum Gasteiger partial charge on any atom is 0.162 e. The molecule has 23 heavy (non-hydrogen) atoms. The van der Waals surface area contributed by atoms with Gasteiger partial charge in [-0.2, -0.15) is 5.26 Å². The first-order valence-corrected chi connectivity index (χ1v) is 7.18. The Balaban J connectivity index is 2.40. The Morgan fingerprint density at radius 2 is 2.04 bits per heavy atom. The van der Waals surface area contributed by atoms with Gasteiger partial charge in [-0.25, -0.2) is 0 Å². The minimum absolute atomic E-state index is 0.161. The Morgan fingerprint density at radius 1 is 1.26 bits per heavy atom. The highest BCUT2D eigenvalue weighted by Gasteiger charge is 2.08. The summed E-state index contributed by atoms with van der Waals surface area (Å²) in [5.41, 5.74) is 1.95. The molecule has 0 N–H and O–H groups in total. The molecule has 0 saturated heterocycles. The van der Waals surface area contributed by atoms with Crippen molar-refractivity contribution in [3.8, 4) is 29.9 Å². The number of terminal acetylenes is 1. The van der Waals surface area contributed by atoms with Crippen LogP contribution in [0.4, 0.5) is 0 Å². The molecule has 0 saturated carbocycles. The zero-order chi connectivity index (χ0) is 16.7. The topological polar surface area (TPSA) is 42.2 Å². The number of allylic oxidation sites excluding steroid dienone is 1. The maximum atomic E-state index is 9.41. The molecule has 0 aliphatic heterocycles. The Bertz CT molecular complexity index is 813. The third-order valence-corrected chi connectivity index (χ3v) is 3.42. The normalized spacial score (nSPS) is 10.5. The molecular weight excluding hydrogens is 310 g/mol. The van der Waals surface area contributed by atoms with Gasteiger partial charge >= 0.3 is 0 Å². The second-order valence-electron chi connectivity index (χ2n) is 4.55. The van der Waals surface area contributed by atoms with E-state index in [0.29, 0.717) is 27.7 Å². The van der Waals surface area contributed by atoms with Gasteiger partial charge < -0.3 is 9.47 Å². The second-order valence-corrected chi connectivity index (χ2v) is 4.96. The summed E-state index contributed by atoms with van der Waals surface area (Å²) in [6, 6.07) is 14.7. The fourth-order valence-corrected chi connectivity index (χ4v) is 2.27. The van der Waals surface area contributed by atoms with Crippen LogP contribution in [0.15, 0.2) is 42.5 Å². The predicted octanol–water partition coefficient (Wildman–Crippen LogP) is 4.42. The standard InChI is InChI=1S/C19H14ClNO2/c1-3-10-23-18-9-8-14(12-19(18)22-2)11-15(13-21)16-6-4-5-7-17(16)20/h1,4-9,11-12H,10H2,2H3. The van der Waals surface area contributed by atoms with E-state index in [0.717, 1.165) is 5.56 Å². The highest BCUT2D eigenvalue weighted by atomic mass is 35.5. The van der Waals surface area contributed by atoms with Crippen molar-refractivity contribution < 1.29 is 9.47 Å². The number of rotatable bonds is 5. The lowest BCUT2D eigenvalue weighted by molar-refractivity contribution is 0.331. The van der Waals surface area contributed by atoms with Gasteiger partial charge in [0, 0.05) is 10.6 Å². The smallest absolute Gasteiger partial charge is 0.162 e. The van der Waals surface area contributed by atoms with Crippen molar-refractivity contribution in [2.24, 2.45) is 0 Å². The molecule has 0 aliphatic carbocycles. The molecule has 0 amide bonds. The Hall–Kier alpha value is -2.88. The molecule has 3 nitrogen and oxygen atoms in total. The number of methoxy groups -OCH3 is 1. The molecule has 0 fully saturated rings. The number of nitrogens with zero attached hydrogens (tertiary/aromatic N) is 1. The van der Waals surface area contributed by atoms with Crippen molar-refractivity contribution in [2.75, 3.05) is 13.7 Å². The van der Waals surface area contributed by atoms with Crippen molar-refractivity contribution in [3.63, 3.8) is 0 Å². The molecule has 2 aromatic carbocycles. The zero-order valence-corrected chi connectivity index (χ0v) is 13.3. The Morgan fingerprint density at radius 3 is 2.70 bits per heavy atom. The van der Waals surface area contributed by atoms with E-state index in [1.54, 1.807) is 37.5 Å². The van der Waals surface area contributed by atoms with Crippen LogP contribution in [-0.2, 0) is 0 Å². The summed E-state index contributed by atoms with van der Waals surface area (Å²) >= 11 is 6.15. The Labute approximate surface area is 140 Å². The van der Waals surface area contributed by atoms with Crippen LogP contribution in [0.2, 0.25) is 5.02 Å². The molecule has 0 aliphatic rings. The predicted molar refractivity (Wildman–Crippen MR) is 92.3 cm³/mol. The van der Waals surface area contributed by atoms with Gasteiger partial charge in [0.25, 0.3) is 0 Å². The molecule has 4 heteroatoms. The molecule has 2 rings (SSSR count). The number of hydrogen-bond acceptors (Lipinski definition) is 3. The zero-order valence-electron chi connectivity index (χ0n) is 12.5. The van der Waals surface area contributed by atoms with Crippen LogP contribution in [0.25, 0.3) is 11.6 Å². The molecular formula is C19H14ClNO2. The lowest BCUT2D eigenvalue weighted by Crippen LogP contribution is -1.96. The van der Waals surface area contributed by atoms with E-state index in [2.05, 4.69) is 12.0 Å². The molecule has 0 atom stereocenters. The molecule has 0 bridgehead atoms. The van der Waals surface area contributed by atoms with E-state index in [9.17, 15) is 5.26 Å². The first-order valence-electron chi connectivity index (χ1n) is 6.80. The van der Waals surface area contributed by atoms with E-state index in [1.807, 2.05) is 18.2 Å². The number of hydrogen-bond donors (Lipinski definition) is 0. The molecule has 0 unspecified atom stereocenters. The first kappa shape index (κ1) is 16.5. The van der Waals surface area contributed by atoms with Gasteiger partial charge in [-0.1, -0.05) is 41.8 Å². The van der Waals surface area contributed by atoms with E-state index in [1.165, 1.54) is 0 Å². The van der Waals surface area contributed by atoms with Crippen molar-refractivity contribution in [2.45, 2.75) is 0 Å². The van der Waals surface area contributed by atoms with Crippen LogP contribution in [-0.4, -0.2) is 13.7 Å². The molecule has 0 spiro atoms. The lowest BCUT2D eigenvalue weighted by atomic mass is 10.0. The van der Waals surface area contributed by atoms with E-state index in [-0.39, 0.29) is 6.61 Å². The molecule has 0 aromatic heterocycles. The van der Waals surface area contributed by atoms with Gasteiger partial charge in [0.2, 0.25) is 0 Å². The average Bonchev–Trinajstić information content (AvgIpc) is 2.59. The maximum absolute atomic E-state index is 9.41. The summed E-state index contributed by atoms with van der Waals surface area (Å²) in [4.78, 5) is 0. The summed E-state index contributed by atoms with van der Waals surface area (Å²) in [5, 5.41) is 9.94. The summed E-state index contributed by atoms with van der Waals surface area (Å²) in [5.74, 6) is 3.50. The monoisotopic (exact) mass is 323 g/mol. The minimum atomic E-state index is 0.161. The van der Waals surface area contributed by atoms with E-state index < -0.39 is 0 Å². The summed E-state index contributed by atoms with van der Waals surface area (Å²) < 4.78 is 10.7. The number of ether oxygens (including phenoxy) is 2. The van der Waals surface area contributed by atoms with Crippen LogP contribution in [0, 0.1) is 23.7 Å². The molecule has 0 radical (unpaired) electrons. The Kier molecular flexibility index (Phi) is 5.69. The third kappa shape index (κ3) is 4.07. The van der Waals surface area contributed by atoms with Crippen LogP contribution >= 0.6 is 11.6 Å². The quantitative estimate of drug-likeness (QED) is 0.464. The van der Waals surface area contributed by atoms with E-state index in [4.69, 9.17) is 27.5 Å².